The van der Waals surface area contributed by atoms with Gasteiger partial charge in [-0.2, -0.15) is 0 Å². The first-order valence-corrected chi connectivity index (χ1v) is 6.05. The number of benzene rings is 1. The lowest BCUT2D eigenvalue weighted by molar-refractivity contribution is 0.461. The Morgan fingerprint density at radius 3 is 2.25 bits per heavy atom. The van der Waals surface area contributed by atoms with Gasteiger partial charge in [-0.15, -0.1) is 0 Å². The summed E-state index contributed by atoms with van der Waals surface area (Å²) in [5.74, 6) is 0.399. The van der Waals surface area contributed by atoms with Crippen molar-refractivity contribution in [1.29, 1.82) is 0 Å². The Balaban J connectivity index is 3.08. The molecule has 0 saturated carbocycles. The van der Waals surface area contributed by atoms with E-state index in [0.29, 0.717) is 12.3 Å². The van der Waals surface area contributed by atoms with E-state index < -0.39 is 0 Å². The molecular weight excluding hydrogens is 222 g/mol. The van der Waals surface area contributed by atoms with Crippen LogP contribution in [0.4, 0.5) is 0 Å². The fourth-order valence-corrected chi connectivity index (χ4v) is 2.17. The lowest BCUT2D eigenvalue weighted by atomic mass is 9.95. The maximum absolute atomic E-state index is 10.1. The Bertz CT molecular complexity index is 359. The van der Waals surface area contributed by atoms with Crippen LogP contribution >= 0.6 is 11.6 Å². The molecule has 0 heterocycles. The molecular formula is C13H20ClNO. The second kappa shape index (κ2) is 5.55. The quantitative estimate of drug-likeness (QED) is 0.795. The monoisotopic (exact) mass is 241 g/mol. The van der Waals surface area contributed by atoms with Gasteiger partial charge in [0.1, 0.15) is 5.75 Å². The molecule has 0 amide bonds. The molecule has 0 aliphatic heterocycles. The van der Waals surface area contributed by atoms with E-state index in [1.807, 2.05) is 20.8 Å². The molecule has 90 valence electrons. The Hall–Kier alpha value is -0.730. The third-order valence-corrected chi connectivity index (χ3v) is 3.76. The van der Waals surface area contributed by atoms with E-state index >= 15 is 0 Å². The van der Waals surface area contributed by atoms with Crippen LogP contribution in [0.1, 0.15) is 35.1 Å². The number of phenols is 1. The van der Waals surface area contributed by atoms with Gasteiger partial charge in [-0.25, -0.2) is 0 Å². The minimum Gasteiger partial charge on any atom is -0.507 e. The molecule has 2 nitrogen and oxygen atoms in total. The van der Waals surface area contributed by atoms with Crippen LogP contribution in [0.25, 0.3) is 0 Å². The maximum Gasteiger partial charge on any atom is 0.122 e. The van der Waals surface area contributed by atoms with Crippen molar-refractivity contribution >= 4 is 11.6 Å². The van der Waals surface area contributed by atoms with Gasteiger partial charge in [0.2, 0.25) is 0 Å². The van der Waals surface area contributed by atoms with Crippen LogP contribution < -0.4 is 5.73 Å². The van der Waals surface area contributed by atoms with E-state index in [2.05, 4.69) is 0 Å². The molecule has 3 N–H and O–H groups in total. The summed E-state index contributed by atoms with van der Waals surface area (Å²) in [6.45, 7) is 6.50. The van der Waals surface area contributed by atoms with Gasteiger partial charge < -0.3 is 10.8 Å². The second-order valence-corrected chi connectivity index (χ2v) is 4.64. The molecule has 1 aromatic carbocycles. The van der Waals surface area contributed by atoms with E-state index in [4.69, 9.17) is 17.3 Å². The number of hydrogen-bond donors (Lipinski definition) is 2. The smallest absolute Gasteiger partial charge is 0.122 e. The number of hydrogen-bond acceptors (Lipinski definition) is 2. The molecule has 1 aromatic rings. The second-order valence-electron chi connectivity index (χ2n) is 4.26. The number of halogens is 1. The van der Waals surface area contributed by atoms with E-state index in [1.165, 1.54) is 0 Å². The molecule has 0 aliphatic carbocycles. The van der Waals surface area contributed by atoms with Crippen molar-refractivity contribution in [3.05, 3.63) is 27.3 Å². The maximum atomic E-state index is 10.1. The van der Waals surface area contributed by atoms with E-state index in [1.54, 1.807) is 0 Å². The van der Waals surface area contributed by atoms with E-state index in [9.17, 15) is 5.11 Å². The van der Waals surface area contributed by atoms with Crippen LogP contribution in [0, 0.1) is 20.8 Å². The third kappa shape index (κ3) is 2.50. The zero-order valence-corrected chi connectivity index (χ0v) is 11.0. The molecule has 3 heteroatoms. The van der Waals surface area contributed by atoms with Gasteiger partial charge >= 0.3 is 0 Å². The minimum absolute atomic E-state index is 0.399. The minimum atomic E-state index is 0.399. The fourth-order valence-electron chi connectivity index (χ4n) is 1.91. The average Bonchev–Trinajstić information content (AvgIpc) is 2.28. The first-order valence-electron chi connectivity index (χ1n) is 5.67. The van der Waals surface area contributed by atoms with Crippen molar-refractivity contribution in [3.8, 4) is 5.75 Å². The highest BCUT2D eigenvalue weighted by Gasteiger charge is 2.14. The van der Waals surface area contributed by atoms with Crippen LogP contribution in [0.2, 0.25) is 5.02 Å². The van der Waals surface area contributed by atoms with Crippen LogP contribution in [0.5, 0.6) is 5.75 Å². The summed E-state index contributed by atoms with van der Waals surface area (Å²) >= 11 is 6.24. The van der Waals surface area contributed by atoms with Crippen molar-refractivity contribution in [2.24, 2.45) is 5.73 Å². The predicted octanol–water partition coefficient (Wildman–Crippen LogP) is 3.25. The summed E-state index contributed by atoms with van der Waals surface area (Å²) in [6.07, 6.45) is 2.81. The molecule has 16 heavy (non-hydrogen) atoms. The highest BCUT2D eigenvalue weighted by atomic mass is 35.5. The van der Waals surface area contributed by atoms with Crippen LogP contribution in [0.3, 0.4) is 0 Å². The number of rotatable bonds is 4. The molecule has 0 fully saturated rings. The van der Waals surface area contributed by atoms with Crippen molar-refractivity contribution in [2.45, 2.75) is 40.0 Å². The first kappa shape index (κ1) is 13.3. The summed E-state index contributed by atoms with van der Waals surface area (Å²) in [7, 11) is 0. The van der Waals surface area contributed by atoms with E-state index in [0.717, 1.165) is 46.5 Å². The number of aromatic hydroxyl groups is 1. The first-order chi connectivity index (χ1) is 7.50. The number of phenolic OH excluding ortho intramolecular Hbond substituents is 1. The largest absolute Gasteiger partial charge is 0.507 e. The Morgan fingerprint density at radius 2 is 1.69 bits per heavy atom. The molecule has 0 bridgehead atoms. The Kier molecular flexibility index (Phi) is 4.63. The lowest BCUT2D eigenvalue weighted by Crippen LogP contribution is -2.01. The topological polar surface area (TPSA) is 46.2 Å². The molecule has 0 saturated heterocycles. The average molecular weight is 242 g/mol. The van der Waals surface area contributed by atoms with Gasteiger partial charge in [0.25, 0.3) is 0 Å². The van der Waals surface area contributed by atoms with Crippen LogP contribution in [-0.4, -0.2) is 11.7 Å². The summed E-state index contributed by atoms with van der Waals surface area (Å²) < 4.78 is 0. The Labute approximate surface area is 102 Å². The van der Waals surface area contributed by atoms with Gasteiger partial charge in [0, 0.05) is 5.02 Å². The molecule has 0 radical (unpaired) electrons. The zero-order chi connectivity index (χ0) is 12.3. The molecule has 0 spiro atoms. The molecule has 0 unspecified atom stereocenters. The third-order valence-electron chi connectivity index (χ3n) is 3.20. The van der Waals surface area contributed by atoms with Crippen molar-refractivity contribution in [3.63, 3.8) is 0 Å². The molecule has 0 aliphatic rings. The van der Waals surface area contributed by atoms with Gasteiger partial charge in [0.05, 0.1) is 0 Å². The van der Waals surface area contributed by atoms with Crippen molar-refractivity contribution in [2.75, 3.05) is 6.54 Å². The summed E-state index contributed by atoms with van der Waals surface area (Å²) in [5.41, 5.74) is 9.30. The SMILES string of the molecule is Cc1c(C)c(Cl)c(C)c(CCCCN)c1O. The fraction of sp³-hybridized carbons (Fsp3) is 0.538. The van der Waals surface area contributed by atoms with E-state index in [-0.39, 0.29) is 0 Å². The van der Waals surface area contributed by atoms with Crippen LogP contribution in [-0.2, 0) is 6.42 Å². The normalized spacial score (nSPS) is 10.8. The molecule has 1 rings (SSSR count). The number of unbranched alkanes of at least 4 members (excludes halogenated alkanes) is 1. The highest BCUT2D eigenvalue weighted by molar-refractivity contribution is 6.32. The predicted molar refractivity (Wildman–Crippen MR) is 69.3 cm³/mol. The zero-order valence-electron chi connectivity index (χ0n) is 10.2. The lowest BCUT2D eigenvalue weighted by Gasteiger charge is -2.15. The number of nitrogens with two attached hydrogens (primary N) is 1. The van der Waals surface area contributed by atoms with Crippen LogP contribution in [0.15, 0.2) is 0 Å². The standard InChI is InChI=1S/C13H20ClNO/c1-8-9(2)13(16)11(6-4-5-7-15)10(3)12(8)14/h16H,4-7,15H2,1-3H3. The summed E-state index contributed by atoms with van der Waals surface area (Å²) in [5, 5.41) is 10.9. The van der Waals surface area contributed by atoms with Gasteiger partial charge in [0.15, 0.2) is 0 Å². The van der Waals surface area contributed by atoms with Crippen molar-refractivity contribution < 1.29 is 5.11 Å². The van der Waals surface area contributed by atoms with Gasteiger partial charge in [-0.05, 0) is 68.8 Å². The summed E-state index contributed by atoms with van der Waals surface area (Å²) in [4.78, 5) is 0. The molecule has 0 aromatic heterocycles. The van der Waals surface area contributed by atoms with Crippen molar-refractivity contribution in [1.82, 2.24) is 0 Å². The summed E-state index contributed by atoms with van der Waals surface area (Å²) in [6, 6.07) is 0. The van der Waals surface area contributed by atoms with Gasteiger partial charge in [-0.3, -0.25) is 0 Å². The molecule has 0 atom stereocenters. The highest BCUT2D eigenvalue weighted by Crippen LogP contribution is 2.35. The van der Waals surface area contributed by atoms with Gasteiger partial charge in [-0.1, -0.05) is 11.6 Å². The Morgan fingerprint density at radius 1 is 1.06 bits per heavy atom.